The van der Waals surface area contributed by atoms with Crippen LogP contribution in [0.4, 0.5) is 5.69 Å². The third-order valence-electron chi connectivity index (χ3n) is 5.52. The fourth-order valence-corrected chi connectivity index (χ4v) is 6.86. The average Bonchev–Trinajstić information content (AvgIpc) is 3.40. The van der Waals surface area contributed by atoms with Gasteiger partial charge in [0.2, 0.25) is 20.0 Å². The van der Waals surface area contributed by atoms with Gasteiger partial charge in [-0.05, 0) is 48.4 Å². The minimum Gasteiger partial charge on any atom is -0.371 e. The number of sulfonamides is 2. The van der Waals surface area contributed by atoms with Crippen LogP contribution in [0, 0.1) is 0 Å². The fraction of sp³-hybridized carbons (Fsp3) is 0.562. The first-order chi connectivity index (χ1) is 14.7. The smallest absolute Gasteiger partial charge is 0.242 e. The molecule has 3 heterocycles. The van der Waals surface area contributed by atoms with Crippen LogP contribution in [0.3, 0.4) is 0 Å². The molecule has 0 aliphatic carbocycles. The summed E-state index contributed by atoms with van der Waals surface area (Å²) in [5.41, 5.74) is 6.48. The molecule has 0 amide bonds. The van der Waals surface area contributed by atoms with E-state index < -0.39 is 29.8 Å². The van der Waals surface area contributed by atoms with E-state index in [0.717, 1.165) is 0 Å². The lowest BCUT2D eigenvalue weighted by atomic mass is 10.0. The molecule has 0 bridgehead atoms. The van der Waals surface area contributed by atoms with Crippen LogP contribution in [0.15, 0.2) is 21.9 Å². The monoisotopic (exact) mass is 471 g/mol. The number of primary sulfonamides is 1. The highest BCUT2D eigenvalue weighted by Gasteiger charge is 2.34. The molecule has 13 nitrogen and oxygen atoms in total. The Kier molecular flexibility index (Phi) is 5.97. The number of benzene rings is 1. The highest BCUT2D eigenvalue weighted by Crippen LogP contribution is 2.39. The maximum atomic E-state index is 13.2. The van der Waals surface area contributed by atoms with Crippen molar-refractivity contribution < 1.29 is 16.8 Å². The van der Waals surface area contributed by atoms with E-state index in [1.807, 2.05) is 4.90 Å². The van der Waals surface area contributed by atoms with Gasteiger partial charge in [-0.15, -0.1) is 5.10 Å². The molecule has 0 radical (unpaired) electrons. The molecular weight excluding hydrogens is 446 g/mol. The van der Waals surface area contributed by atoms with Crippen LogP contribution in [0.25, 0.3) is 11.4 Å². The van der Waals surface area contributed by atoms with Crippen molar-refractivity contribution in [1.82, 2.24) is 30.7 Å². The second-order valence-corrected chi connectivity index (χ2v) is 10.9. The fourth-order valence-electron chi connectivity index (χ4n) is 3.98. The third kappa shape index (κ3) is 4.56. The molecule has 2 aliphatic rings. The van der Waals surface area contributed by atoms with Crippen molar-refractivity contribution in [3.8, 4) is 11.4 Å². The molecule has 0 spiro atoms. The molecule has 1 atom stereocenters. The maximum Gasteiger partial charge on any atom is 0.242 e. The van der Waals surface area contributed by atoms with Crippen molar-refractivity contribution in [2.24, 2.45) is 10.9 Å². The van der Waals surface area contributed by atoms with Crippen molar-refractivity contribution in [3.63, 3.8) is 0 Å². The minimum atomic E-state index is -4.48. The standard InChI is InChI=1S/C16H25N9O4S2/c17-10-4-7-25(8-5-10)12-1-2-13(31(28,29)22-11-3-6-19-9-11)15(30(18,26)27)14(12)16-20-23-24-21-16/h1-2,10-11,19,22H,3-9,17H2,(H2,18,26,27)(H,20,21,23,24)/t11-/m1/s1. The zero-order valence-corrected chi connectivity index (χ0v) is 18.3. The van der Waals surface area contributed by atoms with Gasteiger partial charge in [0.05, 0.1) is 5.56 Å². The summed E-state index contributed by atoms with van der Waals surface area (Å²) in [6, 6.07) is 2.53. The summed E-state index contributed by atoms with van der Waals surface area (Å²) in [5.74, 6) is 0.00785. The molecule has 0 saturated carbocycles. The Morgan fingerprint density at radius 3 is 2.45 bits per heavy atom. The van der Waals surface area contributed by atoms with Crippen LogP contribution in [0.2, 0.25) is 0 Å². The van der Waals surface area contributed by atoms with Gasteiger partial charge in [-0.3, -0.25) is 0 Å². The molecule has 1 aromatic heterocycles. The van der Waals surface area contributed by atoms with Crippen molar-refractivity contribution in [2.45, 2.75) is 41.1 Å². The summed E-state index contributed by atoms with van der Waals surface area (Å²) in [5, 5.41) is 22.0. The van der Waals surface area contributed by atoms with Gasteiger partial charge in [-0.2, -0.15) is 0 Å². The predicted molar refractivity (Wildman–Crippen MR) is 112 cm³/mol. The maximum absolute atomic E-state index is 13.2. The molecule has 7 N–H and O–H groups in total. The molecular formula is C16H25N9O4S2. The minimum absolute atomic E-state index is 0.00785. The third-order valence-corrected chi connectivity index (χ3v) is 8.20. The zero-order valence-electron chi connectivity index (χ0n) is 16.7. The molecule has 2 aromatic rings. The molecule has 0 unspecified atom stereocenters. The van der Waals surface area contributed by atoms with E-state index in [0.29, 0.717) is 51.1 Å². The molecule has 15 heteroatoms. The first-order valence-electron chi connectivity index (χ1n) is 9.84. The van der Waals surface area contributed by atoms with Crippen LogP contribution in [-0.4, -0.2) is 75.7 Å². The quantitative estimate of drug-likeness (QED) is 0.316. The van der Waals surface area contributed by atoms with Gasteiger partial charge in [0.15, 0.2) is 5.82 Å². The normalized spacial score (nSPS) is 21.0. The highest BCUT2D eigenvalue weighted by molar-refractivity contribution is 7.92. The molecule has 2 fully saturated rings. The Hall–Kier alpha value is -2.17. The van der Waals surface area contributed by atoms with E-state index in [-0.39, 0.29) is 23.5 Å². The van der Waals surface area contributed by atoms with Gasteiger partial charge in [0, 0.05) is 37.4 Å². The largest absolute Gasteiger partial charge is 0.371 e. The number of hydrogen-bond donors (Lipinski definition) is 5. The Bertz CT molecular complexity index is 1140. The summed E-state index contributed by atoms with van der Waals surface area (Å²) in [6.45, 7) is 2.25. The van der Waals surface area contributed by atoms with Gasteiger partial charge >= 0.3 is 0 Å². The van der Waals surface area contributed by atoms with Gasteiger partial charge in [-0.25, -0.2) is 31.8 Å². The van der Waals surface area contributed by atoms with Gasteiger partial charge in [0.25, 0.3) is 0 Å². The number of anilines is 1. The molecule has 4 rings (SSSR count). The first kappa shape index (κ1) is 22.0. The zero-order chi connectivity index (χ0) is 22.2. The number of tetrazole rings is 1. The van der Waals surface area contributed by atoms with Crippen LogP contribution < -0.4 is 25.8 Å². The van der Waals surface area contributed by atoms with E-state index in [4.69, 9.17) is 10.9 Å². The Balaban J connectivity index is 1.90. The SMILES string of the molecule is NC1CCN(c2ccc(S(=O)(=O)N[C@@H]3CCNC3)c(S(N)(=O)=O)c2-c2nnn[nH]2)CC1. The van der Waals surface area contributed by atoms with Gasteiger partial charge in [-0.1, -0.05) is 0 Å². The van der Waals surface area contributed by atoms with E-state index in [1.54, 1.807) is 6.07 Å². The van der Waals surface area contributed by atoms with Crippen LogP contribution in [0.1, 0.15) is 19.3 Å². The van der Waals surface area contributed by atoms with E-state index >= 15 is 0 Å². The number of nitrogens with two attached hydrogens (primary N) is 2. The second-order valence-electron chi connectivity index (χ2n) is 7.72. The van der Waals surface area contributed by atoms with Crippen molar-refractivity contribution in [1.29, 1.82) is 0 Å². The van der Waals surface area contributed by atoms with Gasteiger partial charge < -0.3 is 16.0 Å². The lowest BCUT2D eigenvalue weighted by Crippen LogP contribution is -2.40. The highest BCUT2D eigenvalue weighted by atomic mass is 32.2. The van der Waals surface area contributed by atoms with Gasteiger partial charge in [0.1, 0.15) is 9.79 Å². The summed E-state index contributed by atoms with van der Waals surface area (Å²) < 4.78 is 54.3. The molecule has 1 aromatic carbocycles. The van der Waals surface area contributed by atoms with Crippen LogP contribution in [0.5, 0.6) is 0 Å². The first-order valence-corrected chi connectivity index (χ1v) is 12.9. The molecule has 2 aliphatic heterocycles. The van der Waals surface area contributed by atoms with Crippen LogP contribution in [-0.2, 0) is 20.0 Å². The molecule has 31 heavy (non-hydrogen) atoms. The molecule has 170 valence electrons. The summed E-state index contributed by atoms with van der Waals surface area (Å²) in [6.07, 6.45) is 2.00. The second kappa shape index (κ2) is 8.40. The number of piperidine rings is 1. The Morgan fingerprint density at radius 1 is 1.13 bits per heavy atom. The number of aromatic amines is 1. The number of hydrogen-bond acceptors (Lipinski definition) is 10. The topological polar surface area (TPSA) is 202 Å². The Morgan fingerprint density at radius 2 is 1.87 bits per heavy atom. The summed E-state index contributed by atoms with van der Waals surface area (Å²) in [4.78, 5) is 0.947. The van der Waals surface area contributed by atoms with E-state index in [2.05, 4.69) is 30.7 Å². The summed E-state index contributed by atoms with van der Waals surface area (Å²) in [7, 11) is -8.68. The Labute approximate surface area is 180 Å². The average molecular weight is 472 g/mol. The predicted octanol–water partition coefficient (Wildman–Crippen LogP) is -1.92. The number of aromatic nitrogens is 4. The van der Waals surface area contributed by atoms with E-state index in [9.17, 15) is 16.8 Å². The lowest BCUT2D eigenvalue weighted by Gasteiger charge is -2.33. The number of nitrogens with one attached hydrogen (secondary N) is 3. The summed E-state index contributed by atoms with van der Waals surface area (Å²) >= 11 is 0. The van der Waals surface area contributed by atoms with Crippen molar-refractivity contribution in [2.75, 3.05) is 31.1 Å². The van der Waals surface area contributed by atoms with Crippen molar-refractivity contribution >= 4 is 25.7 Å². The number of nitrogens with zero attached hydrogens (tertiary/aromatic N) is 4. The number of H-pyrrole nitrogens is 1. The van der Waals surface area contributed by atoms with Crippen molar-refractivity contribution in [3.05, 3.63) is 12.1 Å². The lowest BCUT2D eigenvalue weighted by molar-refractivity contribution is 0.501. The van der Waals surface area contributed by atoms with E-state index in [1.165, 1.54) is 6.07 Å². The number of rotatable bonds is 6. The van der Waals surface area contributed by atoms with Crippen LogP contribution >= 0.6 is 0 Å². The molecule has 2 saturated heterocycles.